The number of aromatic nitrogens is 1. The molecule has 0 aromatic carbocycles. The molecule has 0 bridgehead atoms. The second kappa shape index (κ2) is 4.70. The van der Waals surface area contributed by atoms with Crippen LogP contribution in [-0.2, 0) is 0 Å². The van der Waals surface area contributed by atoms with Gasteiger partial charge in [0.05, 0.1) is 11.9 Å². The fraction of sp³-hybridized carbons (Fsp3) is 0.583. The molecule has 2 rings (SSSR count). The molecule has 0 radical (unpaired) electrons. The van der Waals surface area contributed by atoms with E-state index in [1.165, 1.54) is 12.8 Å². The highest BCUT2D eigenvalue weighted by Gasteiger charge is 2.25. The van der Waals surface area contributed by atoms with E-state index in [1.807, 2.05) is 13.0 Å². The Hall–Kier alpha value is -1.29. The van der Waals surface area contributed by atoms with Gasteiger partial charge in [-0.1, -0.05) is 0 Å². The lowest BCUT2D eigenvalue weighted by molar-refractivity contribution is 0.225. The Morgan fingerprint density at radius 3 is 2.94 bits per heavy atom. The van der Waals surface area contributed by atoms with E-state index in [9.17, 15) is 0 Å². The Morgan fingerprint density at radius 1 is 1.56 bits per heavy atom. The summed E-state index contributed by atoms with van der Waals surface area (Å²) in [6, 6.07) is 2.66. The highest BCUT2D eigenvalue weighted by Crippen LogP contribution is 2.25. The third kappa shape index (κ3) is 2.85. The first kappa shape index (κ1) is 11.2. The van der Waals surface area contributed by atoms with Crippen molar-refractivity contribution in [2.45, 2.75) is 25.8 Å². The molecular formula is C12H19N3O. The maximum atomic E-state index is 5.63. The van der Waals surface area contributed by atoms with Gasteiger partial charge in [-0.15, -0.1) is 0 Å². The molecule has 1 aliphatic carbocycles. The summed E-state index contributed by atoms with van der Waals surface area (Å²) in [5.74, 6) is 0.693. The zero-order valence-corrected chi connectivity index (χ0v) is 9.94. The second-order valence-corrected chi connectivity index (χ2v) is 4.45. The summed E-state index contributed by atoms with van der Waals surface area (Å²) in [5, 5.41) is 0. The minimum atomic E-state index is 0.681. The van der Waals surface area contributed by atoms with Gasteiger partial charge < -0.3 is 15.4 Å². The number of anilines is 1. The number of rotatable bonds is 5. The molecule has 16 heavy (non-hydrogen) atoms. The third-order valence-corrected chi connectivity index (χ3v) is 2.90. The van der Waals surface area contributed by atoms with Crippen molar-refractivity contribution in [3.63, 3.8) is 0 Å². The third-order valence-electron chi connectivity index (χ3n) is 2.90. The Kier molecular flexibility index (Phi) is 3.29. The number of nitrogens with two attached hydrogens (primary N) is 1. The van der Waals surface area contributed by atoms with E-state index in [0.29, 0.717) is 18.2 Å². The minimum Gasteiger partial charge on any atom is -0.476 e. The van der Waals surface area contributed by atoms with Crippen LogP contribution in [0.4, 0.5) is 5.69 Å². The van der Waals surface area contributed by atoms with E-state index >= 15 is 0 Å². The van der Waals surface area contributed by atoms with Gasteiger partial charge in [-0.2, -0.15) is 0 Å². The molecule has 2 N–H and O–H groups in total. The lowest BCUT2D eigenvalue weighted by atomic mass is 10.3. The first-order valence-electron chi connectivity index (χ1n) is 5.72. The van der Waals surface area contributed by atoms with E-state index in [0.717, 1.165) is 18.2 Å². The van der Waals surface area contributed by atoms with Gasteiger partial charge >= 0.3 is 0 Å². The topological polar surface area (TPSA) is 51.4 Å². The molecule has 0 amide bonds. The highest BCUT2D eigenvalue weighted by atomic mass is 16.5. The van der Waals surface area contributed by atoms with Crippen molar-refractivity contribution in [1.29, 1.82) is 0 Å². The summed E-state index contributed by atoms with van der Waals surface area (Å²) in [6.07, 6.45) is 4.29. The van der Waals surface area contributed by atoms with Crippen molar-refractivity contribution in [2.75, 3.05) is 25.9 Å². The summed E-state index contributed by atoms with van der Waals surface area (Å²) in [6.45, 7) is 3.60. The Balaban J connectivity index is 1.80. The van der Waals surface area contributed by atoms with E-state index < -0.39 is 0 Å². The molecule has 88 valence electrons. The van der Waals surface area contributed by atoms with Crippen molar-refractivity contribution in [3.05, 3.63) is 17.8 Å². The molecule has 1 aromatic heterocycles. The van der Waals surface area contributed by atoms with Crippen LogP contribution in [0.1, 0.15) is 18.4 Å². The van der Waals surface area contributed by atoms with Crippen molar-refractivity contribution in [1.82, 2.24) is 9.88 Å². The van der Waals surface area contributed by atoms with E-state index in [4.69, 9.17) is 10.5 Å². The summed E-state index contributed by atoms with van der Waals surface area (Å²) in [5.41, 5.74) is 7.30. The Labute approximate surface area is 96.4 Å². The molecule has 1 aliphatic rings. The van der Waals surface area contributed by atoms with Crippen LogP contribution in [0.15, 0.2) is 12.3 Å². The number of hydrogen-bond acceptors (Lipinski definition) is 4. The second-order valence-electron chi connectivity index (χ2n) is 4.45. The first-order valence-corrected chi connectivity index (χ1v) is 5.72. The van der Waals surface area contributed by atoms with Gasteiger partial charge in [0.15, 0.2) is 0 Å². The van der Waals surface area contributed by atoms with Gasteiger partial charge in [-0.3, -0.25) is 0 Å². The van der Waals surface area contributed by atoms with E-state index in [1.54, 1.807) is 6.20 Å². The van der Waals surface area contributed by atoms with Gasteiger partial charge in [-0.25, -0.2) is 4.98 Å². The SMILES string of the molecule is Cc1cc(N)cnc1OCCN(C)C1CC1. The molecular weight excluding hydrogens is 202 g/mol. The molecule has 0 saturated heterocycles. The normalized spacial score (nSPS) is 15.4. The van der Waals surface area contributed by atoms with Crippen LogP contribution in [-0.4, -0.2) is 36.1 Å². The quantitative estimate of drug-likeness (QED) is 0.817. The van der Waals surface area contributed by atoms with Crippen molar-refractivity contribution >= 4 is 5.69 Å². The predicted molar refractivity (Wildman–Crippen MR) is 64.5 cm³/mol. The summed E-state index contributed by atoms with van der Waals surface area (Å²) in [4.78, 5) is 6.51. The van der Waals surface area contributed by atoms with Crippen LogP contribution >= 0.6 is 0 Å². The highest BCUT2D eigenvalue weighted by molar-refractivity contribution is 5.41. The smallest absolute Gasteiger partial charge is 0.216 e. The molecule has 1 heterocycles. The predicted octanol–water partition coefficient (Wildman–Crippen LogP) is 1.45. The average molecular weight is 221 g/mol. The molecule has 1 saturated carbocycles. The summed E-state index contributed by atoms with van der Waals surface area (Å²) >= 11 is 0. The van der Waals surface area contributed by atoms with Crippen LogP contribution in [0.5, 0.6) is 5.88 Å². The zero-order chi connectivity index (χ0) is 11.5. The minimum absolute atomic E-state index is 0.681. The van der Waals surface area contributed by atoms with Crippen LogP contribution < -0.4 is 10.5 Å². The molecule has 1 aromatic rings. The van der Waals surface area contributed by atoms with E-state index in [2.05, 4.69) is 16.9 Å². The lowest BCUT2D eigenvalue weighted by Gasteiger charge is -2.16. The number of hydrogen-bond donors (Lipinski definition) is 1. The first-order chi connectivity index (χ1) is 7.66. The van der Waals surface area contributed by atoms with Crippen molar-refractivity contribution < 1.29 is 4.74 Å². The summed E-state index contributed by atoms with van der Waals surface area (Å²) < 4.78 is 5.63. The molecule has 1 fully saturated rings. The number of pyridine rings is 1. The summed E-state index contributed by atoms with van der Waals surface area (Å²) in [7, 11) is 2.14. The standard InChI is InChI=1S/C12H19N3O/c1-9-7-10(13)8-14-12(9)16-6-5-15(2)11-3-4-11/h7-8,11H,3-6,13H2,1-2H3. The molecule has 4 nitrogen and oxygen atoms in total. The maximum absolute atomic E-state index is 5.63. The van der Waals surface area contributed by atoms with Crippen LogP contribution in [0, 0.1) is 6.92 Å². The molecule has 4 heteroatoms. The number of nitrogens with zero attached hydrogens (tertiary/aromatic N) is 2. The van der Waals surface area contributed by atoms with Gasteiger partial charge in [0, 0.05) is 18.2 Å². The molecule has 0 unspecified atom stereocenters. The fourth-order valence-corrected chi connectivity index (χ4v) is 1.72. The van der Waals surface area contributed by atoms with Gasteiger partial charge in [0.2, 0.25) is 5.88 Å². The van der Waals surface area contributed by atoms with Crippen LogP contribution in [0.2, 0.25) is 0 Å². The lowest BCUT2D eigenvalue weighted by Crippen LogP contribution is -2.26. The number of aryl methyl sites for hydroxylation is 1. The van der Waals surface area contributed by atoms with Crippen LogP contribution in [0.3, 0.4) is 0 Å². The fourth-order valence-electron chi connectivity index (χ4n) is 1.72. The number of nitrogen functional groups attached to an aromatic ring is 1. The number of ether oxygens (including phenoxy) is 1. The molecule has 0 spiro atoms. The number of likely N-dealkylation sites (N-methyl/N-ethyl adjacent to an activating group) is 1. The Morgan fingerprint density at radius 2 is 2.31 bits per heavy atom. The van der Waals surface area contributed by atoms with Gasteiger partial charge in [-0.05, 0) is 32.9 Å². The molecule has 0 atom stereocenters. The average Bonchev–Trinajstić information content (AvgIpc) is 3.04. The largest absolute Gasteiger partial charge is 0.476 e. The van der Waals surface area contributed by atoms with Crippen LogP contribution in [0.25, 0.3) is 0 Å². The van der Waals surface area contributed by atoms with E-state index in [-0.39, 0.29) is 0 Å². The molecule has 0 aliphatic heterocycles. The van der Waals surface area contributed by atoms with Crippen molar-refractivity contribution in [2.24, 2.45) is 0 Å². The maximum Gasteiger partial charge on any atom is 0.216 e. The van der Waals surface area contributed by atoms with Gasteiger partial charge in [0.25, 0.3) is 0 Å². The van der Waals surface area contributed by atoms with Crippen molar-refractivity contribution in [3.8, 4) is 5.88 Å². The Bertz CT molecular complexity index is 363. The van der Waals surface area contributed by atoms with Gasteiger partial charge in [0.1, 0.15) is 6.61 Å². The monoisotopic (exact) mass is 221 g/mol. The zero-order valence-electron chi connectivity index (χ0n) is 9.94.